The average molecular weight is 421 g/mol. The van der Waals surface area contributed by atoms with E-state index in [0.717, 1.165) is 16.0 Å². The zero-order chi connectivity index (χ0) is 21.5. The van der Waals surface area contributed by atoms with Crippen LogP contribution in [0.25, 0.3) is 6.08 Å². The summed E-state index contributed by atoms with van der Waals surface area (Å²) in [5.41, 5.74) is 2.78. The number of carbonyl (C=O) groups excluding carboxylic acids is 2. The standard InChI is InChI=1S/C24H24N2O3S/c1-16-6-8-18(9-7-16)17(2)25-24(28)22(15-21-5-4-14-30-21)26-23(27)19-10-12-20(29-3)13-11-19/h4-15,17H,1-3H3,(H,25,28)(H,26,27)/b22-15-. The molecule has 2 amide bonds. The van der Waals surface area contributed by atoms with Gasteiger partial charge in [-0.1, -0.05) is 35.9 Å². The van der Waals surface area contributed by atoms with Gasteiger partial charge in [0.25, 0.3) is 11.8 Å². The number of rotatable bonds is 7. The number of hydrogen-bond acceptors (Lipinski definition) is 4. The van der Waals surface area contributed by atoms with Crippen LogP contribution in [0.2, 0.25) is 0 Å². The summed E-state index contributed by atoms with van der Waals surface area (Å²) in [6.45, 7) is 3.93. The van der Waals surface area contributed by atoms with Gasteiger partial charge in [-0.15, -0.1) is 11.3 Å². The van der Waals surface area contributed by atoms with Gasteiger partial charge in [0.1, 0.15) is 11.4 Å². The third kappa shape index (κ3) is 5.58. The van der Waals surface area contributed by atoms with E-state index in [1.165, 1.54) is 11.3 Å². The highest BCUT2D eigenvalue weighted by atomic mass is 32.1. The maximum absolute atomic E-state index is 13.0. The van der Waals surface area contributed by atoms with Crippen LogP contribution in [0.15, 0.2) is 71.7 Å². The Morgan fingerprint density at radius 1 is 1.03 bits per heavy atom. The number of ether oxygens (including phenoxy) is 1. The molecule has 6 heteroatoms. The summed E-state index contributed by atoms with van der Waals surface area (Å²) in [5, 5.41) is 7.63. The number of methoxy groups -OCH3 is 1. The Morgan fingerprint density at radius 3 is 2.33 bits per heavy atom. The van der Waals surface area contributed by atoms with Crippen LogP contribution in [0, 0.1) is 6.92 Å². The van der Waals surface area contributed by atoms with Gasteiger partial charge in [-0.05, 0) is 61.2 Å². The minimum Gasteiger partial charge on any atom is -0.497 e. The summed E-state index contributed by atoms with van der Waals surface area (Å²) < 4.78 is 5.13. The second-order valence-electron chi connectivity index (χ2n) is 6.86. The highest BCUT2D eigenvalue weighted by Gasteiger charge is 2.17. The Bertz CT molecular complexity index is 1020. The zero-order valence-corrected chi connectivity index (χ0v) is 18.0. The predicted octanol–water partition coefficient (Wildman–Crippen LogP) is 4.71. The molecule has 0 bridgehead atoms. The van der Waals surface area contributed by atoms with E-state index in [4.69, 9.17) is 4.74 Å². The Balaban J connectivity index is 1.78. The van der Waals surface area contributed by atoms with E-state index in [1.807, 2.05) is 55.6 Å². The van der Waals surface area contributed by atoms with E-state index < -0.39 is 0 Å². The zero-order valence-electron chi connectivity index (χ0n) is 17.1. The second kappa shape index (κ2) is 9.89. The van der Waals surface area contributed by atoms with E-state index in [0.29, 0.717) is 11.3 Å². The molecule has 0 saturated heterocycles. The van der Waals surface area contributed by atoms with Crippen molar-refractivity contribution in [2.75, 3.05) is 7.11 Å². The van der Waals surface area contributed by atoms with Crippen molar-refractivity contribution >= 4 is 29.2 Å². The molecule has 2 aromatic carbocycles. The average Bonchev–Trinajstić information content (AvgIpc) is 3.26. The molecule has 0 saturated carbocycles. The fourth-order valence-corrected chi connectivity index (χ4v) is 3.48. The van der Waals surface area contributed by atoms with Crippen LogP contribution in [0.4, 0.5) is 0 Å². The van der Waals surface area contributed by atoms with Gasteiger partial charge in [-0.25, -0.2) is 0 Å². The second-order valence-corrected chi connectivity index (χ2v) is 7.84. The van der Waals surface area contributed by atoms with Crippen LogP contribution in [0.1, 0.15) is 39.3 Å². The highest BCUT2D eigenvalue weighted by Crippen LogP contribution is 2.17. The van der Waals surface area contributed by atoms with Crippen LogP contribution in [0.3, 0.4) is 0 Å². The molecule has 2 N–H and O–H groups in total. The van der Waals surface area contributed by atoms with Crippen LogP contribution >= 0.6 is 11.3 Å². The normalized spacial score (nSPS) is 12.2. The molecule has 1 aromatic heterocycles. The molecule has 0 radical (unpaired) electrons. The Morgan fingerprint density at radius 2 is 1.73 bits per heavy atom. The minimum absolute atomic E-state index is 0.192. The summed E-state index contributed by atoms with van der Waals surface area (Å²) in [7, 11) is 1.57. The van der Waals surface area contributed by atoms with E-state index in [9.17, 15) is 9.59 Å². The molecule has 5 nitrogen and oxygen atoms in total. The lowest BCUT2D eigenvalue weighted by atomic mass is 10.1. The predicted molar refractivity (Wildman–Crippen MR) is 120 cm³/mol. The number of aryl methyl sites for hydroxylation is 1. The van der Waals surface area contributed by atoms with Crippen molar-refractivity contribution in [3.63, 3.8) is 0 Å². The SMILES string of the molecule is COc1ccc(C(=O)N/C(=C\c2cccs2)C(=O)NC(C)c2ccc(C)cc2)cc1. The molecule has 1 unspecified atom stereocenters. The van der Waals surface area contributed by atoms with Crippen molar-refractivity contribution < 1.29 is 14.3 Å². The highest BCUT2D eigenvalue weighted by molar-refractivity contribution is 7.10. The van der Waals surface area contributed by atoms with Crippen molar-refractivity contribution in [1.82, 2.24) is 10.6 Å². The number of hydrogen-bond donors (Lipinski definition) is 2. The third-order valence-corrected chi connectivity index (χ3v) is 5.42. The fraction of sp³-hybridized carbons (Fsp3) is 0.167. The van der Waals surface area contributed by atoms with Crippen molar-refractivity contribution in [3.8, 4) is 5.75 Å². The van der Waals surface area contributed by atoms with Crippen LogP contribution in [-0.4, -0.2) is 18.9 Å². The van der Waals surface area contributed by atoms with Crippen LogP contribution in [0.5, 0.6) is 5.75 Å². The molecule has 30 heavy (non-hydrogen) atoms. The topological polar surface area (TPSA) is 67.4 Å². The molecule has 0 aliphatic heterocycles. The van der Waals surface area contributed by atoms with Gasteiger partial charge in [0.05, 0.1) is 13.2 Å². The van der Waals surface area contributed by atoms with Crippen LogP contribution < -0.4 is 15.4 Å². The van der Waals surface area contributed by atoms with Crippen molar-refractivity contribution in [2.45, 2.75) is 19.9 Å². The molecule has 1 atom stereocenters. The molecule has 0 fully saturated rings. The first kappa shape index (κ1) is 21.3. The summed E-state index contributed by atoms with van der Waals surface area (Å²) >= 11 is 1.49. The summed E-state index contributed by atoms with van der Waals surface area (Å²) in [6, 6.07) is 18.3. The quantitative estimate of drug-likeness (QED) is 0.544. The number of nitrogens with one attached hydrogen (secondary N) is 2. The monoisotopic (exact) mass is 420 g/mol. The van der Waals surface area contributed by atoms with Crippen molar-refractivity contribution in [1.29, 1.82) is 0 Å². The molecule has 0 spiro atoms. The molecule has 154 valence electrons. The van der Waals surface area contributed by atoms with Crippen molar-refractivity contribution in [2.24, 2.45) is 0 Å². The summed E-state index contributed by atoms with van der Waals surface area (Å²) in [5.74, 6) is -0.0532. The van der Waals surface area contributed by atoms with E-state index >= 15 is 0 Å². The number of amides is 2. The molecule has 0 aliphatic carbocycles. The number of carbonyl (C=O) groups is 2. The fourth-order valence-electron chi connectivity index (χ4n) is 2.82. The van der Waals surface area contributed by atoms with Crippen LogP contribution in [-0.2, 0) is 4.79 Å². The maximum atomic E-state index is 13.0. The molecule has 3 aromatic rings. The molecule has 3 rings (SSSR count). The molecular formula is C24H24N2O3S. The largest absolute Gasteiger partial charge is 0.497 e. The Labute approximate surface area is 180 Å². The minimum atomic E-state index is -0.362. The van der Waals surface area contributed by atoms with E-state index in [-0.39, 0.29) is 23.6 Å². The first-order valence-corrected chi connectivity index (χ1v) is 10.4. The van der Waals surface area contributed by atoms with Crippen molar-refractivity contribution in [3.05, 3.63) is 93.3 Å². The van der Waals surface area contributed by atoms with Gasteiger partial charge in [0, 0.05) is 10.4 Å². The van der Waals surface area contributed by atoms with E-state index in [1.54, 1.807) is 37.5 Å². The van der Waals surface area contributed by atoms with Gasteiger partial charge in [-0.3, -0.25) is 9.59 Å². The lowest BCUT2D eigenvalue weighted by molar-refractivity contribution is -0.118. The number of thiophene rings is 1. The molecule has 1 heterocycles. The summed E-state index contributed by atoms with van der Waals surface area (Å²) in [6.07, 6.45) is 1.68. The molecule has 0 aliphatic rings. The smallest absolute Gasteiger partial charge is 0.268 e. The van der Waals surface area contributed by atoms with E-state index in [2.05, 4.69) is 10.6 Å². The van der Waals surface area contributed by atoms with Gasteiger partial charge in [0.2, 0.25) is 0 Å². The number of benzene rings is 2. The lowest BCUT2D eigenvalue weighted by Crippen LogP contribution is -2.36. The molecular weight excluding hydrogens is 396 g/mol. The first-order valence-electron chi connectivity index (χ1n) is 9.54. The third-order valence-electron chi connectivity index (χ3n) is 4.60. The lowest BCUT2D eigenvalue weighted by Gasteiger charge is -2.17. The maximum Gasteiger partial charge on any atom is 0.268 e. The van der Waals surface area contributed by atoms with Gasteiger partial charge >= 0.3 is 0 Å². The van der Waals surface area contributed by atoms with Gasteiger partial charge < -0.3 is 15.4 Å². The van der Waals surface area contributed by atoms with Gasteiger partial charge in [-0.2, -0.15) is 0 Å². The Kier molecular flexibility index (Phi) is 7.03. The first-order chi connectivity index (χ1) is 14.5. The Hall–Kier alpha value is -3.38. The van der Waals surface area contributed by atoms with Gasteiger partial charge in [0.15, 0.2) is 0 Å². The summed E-state index contributed by atoms with van der Waals surface area (Å²) in [4.78, 5) is 26.6.